The normalized spacial score (nSPS) is 13.5. The van der Waals surface area contributed by atoms with Crippen molar-refractivity contribution < 1.29 is 9.18 Å². The maximum atomic E-state index is 13.6. The molecule has 1 amide bonds. The van der Waals surface area contributed by atoms with Crippen molar-refractivity contribution in [1.29, 1.82) is 0 Å². The summed E-state index contributed by atoms with van der Waals surface area (Å²) in [6.45, 7) is 12.5. The summed E-state index contributed by atoms with van der Waals surface area (Å²) in [5.74, 6) is -0.0850. The van der Waals surface area contributed by atoms with E-state index in [0.717, 1.165) is 65.9 Å². The Morgan fingerprint density at radius 3 is 2.44 bits per heavy atom. The van der Waals surface area contributed by atoms with Crippen molar-refractivity contribution in [2.45, 2.75) is 72.3 Å². The van der Waals surface area contributed by atoms with Gasteiger partial charge < -0.3 is 4.90 Å². The maximum absolute atomic E-state index is 13.6. The Hall–Kier alpha value is -3.01. The van der Waals surface area contributed by atoms with E-state index < -0.39 is 0 Å². The van der Waals surface area contributed by atoms with Gasteiger partial charge in [-0.15, -0.1) is 0 Å². The van der Waals surface area contributed by atoms with Crippen LogP contribution in [0.5, 0.6) is 0 Å². The lowest BCUT2D eigenvalue weighted by molar-refractivity contribution is 0.0778. The fourth-order valence-corrected chi connectivity index (χ4v) is 4.89. The van der Waals surface area contributed by atoms with E-state index in [1.165, 1.54) is 23.3 Å². The van der Waals surface area contributed by atoms with Crippen LogP contribution in [0.15, 0.2) is 48.5 Å². The van der Waals surface area contributed by atoms with E-state index in [1.807, 2.05) is 23.1 Å². The minimum Gasteiger partial charge on any atom is -0.334 e. The maximum Gasteiger partial charge on any atom is 0.254 e. The highest BCUT2D eigenvalue weighted by Gasteiger charge is 2.27. The molecule has 0 atom stereocenters. The lowest BCUT2D eigenvalue weighted by Gasteiger charge is -2.27. The Labute approximate surface area is 203 Å². The van der Waals surface area contributed by atoms with Gasteiger partial charge in [-0.3, -0.25) is 9.78 Å². The van der Waals surface area contributed by atoms with Crippen molar-refractivity contribution in [2.75, 3.05) is 6.54 Å². The average Bonchev–Trinajstić information content (AvgIpc) is 3.13. The number of carbonyl (C=O) groups excluding carboxylic acids is 1. The number of aromatic nitrogens is 1. The number of hydrogen-bond acceptors (Lipinski definition) is 2. The van der Waals surface area contributed by atoms with E-state index >= 15 is 0 Å². The van der Waals surface area contributed by atoms with Gasteiger partial charge in [-0.25, -0.2) is 4.39 Å². The number of amides is 1. The molecule has 4 heteroatoms. The van der Waals surface area contributed by atoms with Crippen molar-refractivity contribution >= 4 is 5.91 Å². The molecule has 178 valence electrons. The van der Waals surface area contributed by atoms with Gasteiger partial charge in [-0.05, 0) is 96.7 Å². The summed E-state index contributed by atoms with van der Waals surface area (Å²) >= 11 is 0. The predicted octanol–water partition coefficient (Wildman–Crippen LogP) is 7.03. The van der Waals surface area contributed by atoms with Crippen LogP contribution in [0.25, 0.3) is 11.3 Å². The van der Waals surface area contributed by atoms with E-state index in [1.54, 1.807) is 0 Å². The van der Waals surface area contributed by atoms with Gasteiger partial charge in [0.25, 0.3) is 5.91 Å². The van der Waals surface area contributed by atoms with Gasteiger partial charge in [0.05, 0.1) is 5.69 Å². The van der Waals surface area contributed by atoms with E-state index in [9.17, 15) is 9.18 Å². The van der Waals surface area contributed by atoms with Crippen LogP contribution in [-0.2, 0) is 24.8 Å². The van der Waals surface area contributed by atoms with E-state index in [4.69, 9.17) is 4.98 Å². The zero-order valence-electron chi connectivity index (χ0n) is 21.0. The lowest BCUT2D eigenvalue weighted by atomic mass is 9.78. The van der Waals surface area contributed by atoms with Gasteiger partial charge in [0.1, 0.15) is 5.82 Å². The first kappa shape index (κ1) is 24.1. The third-order valence-electron chi connectivity index (χ3n) is 7.27. The van der Waals surface area contributed by atoms with Crippen LogP contribution in [0.4, 0.5) is 4.39 Å². The number of carbonyl (C=O) groups is 1. The molecule has 0 N–H and O–H groups in total. The van der Waals surface area contributed by atoms with Gasteiger partial charge in [0.2, 0.25) is 0 Å². The minimum absolute atomic E-state index is 0.0211. The number of hydrogen-bond donors (Lipinski definition) is 0. The first-order valence-electron chi connectivity index (χ1n) is 12.4. The quantitative estimate of drug-likeness (QED) is 0.363. The molecule has 0 aliphatic carbocycles. The second-order valence-electron chi connectivity index (χ2n) is 10.1. The third-order valence-corrected chi connectivity index (χ3v) is 7.27. The van der Waals surface area contributed by atoms with Gasteiger partial charge in [0.15, 0.2) is 0 Å². The van der Waals surface area contributed by atoms with Crippen LogP contribution in [0.3, 0.4) is 0 Å². The van der Waals surface area contributed by atoms with Crippen LogP contribution < -0.4 is 0 Å². The summed E-state index contributed by atoms with van der Waals surface area (Å²) in [7, 11) is 0. The number of nitrogens with zero attached hydrogens (tertiary/aromatic N) is 2. The zero-order chi connectivity index (χ0) is 24.5. The fourth-order valence-electron chi connectivity index (χ4n) is 4.89. The second-order valence-corrected chi connectivity index (χ2v) is 10.1. The molecule has 2 aromatic carbocycles. The topological polar surface area (TPSA) is 33.2 Å². The number of benzene rings is 2. The third kappa shape index (κ3) is 4.77. The summed E-state index contributed by atoms with van der Waals surface area (Å²) in [6, 6.07) is 15.1. The number of aryl methyl sites for hydroxylation is 2. The monoisotopic (exact) mass is 458 g/mol. The zero-order valence-corrected chi connectivity index (χ0v) is 21.0. The van der Waals surface area contributed by atoms with Gasteiger partial charge in [0, 0.05) is 29.9 Å². The van der Waals surface area contributed by atoms with Crippen molar-refractivity contribution in [3.63, 3.8) is 0 Å². The molecular weight excluding hydrogens is 423 g/mol. The lowest BCUT2D eigenvalue weighted by Crippen LogP contribution is -2.24. The van der Waals surface area contributed by atoms with Gasteiger partial charge in [-0.2, -0.15) is 0 Å². The first-order valence-corrected chi connectivity index (χ1v) is 12.4. The number of fused-ring (bicyclic) bond motifs is 1. The Morgan fingerprint density at radius 2 is 1.76 bits per heavy atom. The molecule has 0 bridgehead atoms. The van der Waals surface area contributed by atoms with Crippen LogP contribution in [0.1, 0.15) is 78.8 Å². The summed E-state index contributed by atoms with van der Waals surface area (Å²) in [4.78, 5) is 19.5. The molecule has 2 heterocycles. The predicted molar refractivity (Wildman–Crippen MR) is 137 cm³/mol. The van der Waals surface area contributed by atoms with E-state index in [-0.39, 0.29) is 17.1 Å². The molecule has 34 heavy (non-hydrogen) atoms. The Kier molecular flexibility index (Phi) is 6.88. The smallest absolute Gasteiger partial charge is 0.254 e. The molecule has 0 radical (unpaired) electrons. The molecular formula is C30H35FN2O. The molecule has 0 saturated carbocycles. The summed E-state index contributed by atoms with van der Waals surface area (Å²) in [5.41, 5.74) is 8.61. The van der Waals surface area contributed by atoms with Crippen LogP contribution >= 0.6 is 0 Å². The highest BCUT2D eigenvalue weighted by molar-refractivity contribution is 5.98. The van der Waals surface area contributed by atoms with Crippen molar-refractivity contribution in [3.8, 4) is 11.3 Å². The van der Waals surface area contributed by atoms with Crippen molar-refractivity contribution in [1.82, 2.24) is 9.88 Å². The Morgan fingerprint density at radius 1 is 1.03 bits per heavy atom. The van der Waals surface area contributed by atoms with Gasteiger partial charge >= 0.3 is 0 Å². The van der Waals surface area contributed by atoms with Crippen LogP contribution in [0, 0.1) is 12.7 Å². The molecule has 4 rings (SSSR count). The standard InChI is InChI=1S/C30H35FN2O/c1-6-16-33-19-23-17-21(9-15-26(23)29(33)34)8-14-25-18-27(30(4,5)7-2)20(3)28(32-25)22-10-12-24(31)13-11-22/h9-13,15,17-18H,6-8,14,16,19H2,1-5H3. The first-order chi connectivity index (χ1) is 16.2. The summed E-state index contributed by atoms with van der Waals surface area (Å²) in [5, 5.41) is 0. The molecule has 0 saturated heterocycles. The molecule has 1 aliphatic rings. The molecule has 0 spiro atoms. The molecule has 0 fully saturated rings. The highest BCUT2D eigenvalue weighted by atomic mass is 19.1. The molecule has 3 aromatic rings. The number of rotatable bonds is 8. The van der Waals surface area contributed by atoms with Gasteiger partial charge in [-0.1, -0.05) is 39.8 Å². The number of halogens is 1. The molecule has 1 aliphatic heterocycles. The van der Waals surface area contributed by atoms with Crippen LogP contribution in [-0.4, -0.2) is 22.3 Å². The average molecular weight is 459 g/mol. The molecule has 3 nitrogen and oxygen atoms in total. The Balaban J connectivity index is 1.63. The summed E-state index contributed by atoms with van der Waals surface area (Å²) < 4.78 is 13.6. The largest absolute Gasteiger partial charge is 0.334 e. The molecule has 0 unspecified atom stereocenters. The minimum atomic E-state index is -0.237. The molecule has 1 aromatic heterocycles. The van der Waals surface area contributed by atoms with Crippen molar-refractivity contribution in [2.24, 2.45) is 0 Å². The SMILES string of the molecule is CCCN1Cc2cc(CCc3cc(C(C)(C)CC)c(C)c(-c4ccc(F)cc4)n3)ccc2C1=O. The summed E-state index contributed by atoms with van der Waals surface area (Å²) in [6.07, 6.45) is 3.67. The second kappa shape index (κ2) is 9.69. The highest BCUT2D eigenvalue weighted by Crippen LogP contribution is 2.35. The number of pyridine rings is 1. The fraction of sp³-hybridized carbons (Fsp3) is 0.400. The Bertz CT molecular complexity index is 1200. The van der Waals surface area contributed by atoms with E-state index in [2.05, 4.69) is 52.8 Å². The van der Waals surface area contributed by atoms with E-state index in [0.29, 0.717) is 6.54 Å². The van der Waals surface area contributed by atoms with Crippen LogP contribution in [0.2, 0.25) is 0 Å². The van der Waals surface area contributed by atoms with Crippen molar-refractivity contribution in [3.05, 3.63) is 87.9 Å².